The van der Waals surface area contributed by atoms with Crippen LogP contribution in [-0.4, -0.2) is 29.7 Å². The van der Waals surface area contributed by atoms with E-state index in [1.165, 1.54) is 0 Å². The van der Waals surface area contributed by atoms with Gasteiger partial charge in [0.05, 0.1) is 0 Å². The summed E-state index contributed by atoms with van der Waals surface area (Å²) in [5.74, 6) is 0.0602. The SMILES string of the molecule is C[C@H]1OC(C)(C)N(C)C1=O. The van der Waals surface area contributed by atoms with Gasteiger partial charge in [-0.15, -0.1) is 0 Å². The molecule has 1 atom stereocenters. The van der Waals surface area contributed by atoms with E-state index < -0.39 is 5.72 Å². The van der Waals surface area contributed by atoms with Crippen molar-refractivity contribution in [1.29, 1.82) is 0 Å². The van der Waals surface area contributed by atoms with Crippen LogP contribution < -0.4 is 0 Å². The molecule has 0 aromatic rings. The Morgan fingerprint density at radius 2 is 2.10 bits per heavy atom. The van der Waals surface area contributed by atoms with Crippen molar-refractivity contribution in [2.45, 2.75) is 32.6 Å². The predicted molar refractivity (Wildman–Crippen MR) is 37.4 cm³/mol. The highest BCUT2D eigenvalue weighted by Crippen LogP contribution is 2.24. The van der Waals surface area contributed by atoms with Crippen molar-refractivity contribution in [3.8, 4) is 0 Å². The molecule has 0 radical (unpaired) electrons. The van der Waals surface area contributed by atoms with Gasteiger partial charge >= 0.3 is 0 Å². The maximum Gasteiger partial charge on any atom is 0.253 e. The Kier molecular flexibility index (Phi) is 1.47. The highest BCUT2D eigenvalue weighted by Gasteiger charge is 2.40. The molecule has 0 bridgehead atoms. The van der Waals surface area contributed by atoms with Crippen LogP contribution in [0.3, 0.4) is 0 Å². The van der Waals surface area contributed by atoms with Gasteiger partial charge in [0.15, 0.2) is 0 Å². The maximum absolute atomic E-state index is 11.1. The lowest BCUT2D eigenvalue weighted by Crippen LogP contribution is -2.38. The standard InChI is InChI=1S/C7H13NO2/c1-5-6(9)8(4)7(2,3)10-5/h5H,1-4H3/t5-/m1/s1. The summed E-state index contributed by atoms with van der Waals surface area (Å²) in [6.07, 6.45) is -0.278. The van der Waals surface area contributed by atoms with Crippen LogP contribution in [0.4, 0.5) is 0 Å². The summed E-state index contributed by atoms with van der Waals surface area (Å²) in [6.45, 7) is 5.54. The quantitative estimate of drug-likeness (QED) is 0.497. The number of rotatable bonds is 0. The number of likely N-dealkylation sites (N-methyl/N-ethyl adjacent to an activating group) is 1. The van der Waals surface area contributed by atoms with Crippen LogP contribution >= 0.6 is 0 Å². The first kappa shape index (κ1) is 7.54. The van der Waals surface area contributed by atoms with Crippen LogP contribution in [0.2, 0.25) is 0 Å². The first-order chi connectivity index (χ1) is 4.45. The van der Waals surface area contributed by atoms with E-state index in [4.69, 9.17) is 4.74 Å². The van der Waals surface area contributed by atoms with Gasteiger partial charge in [-0.25, -0.2) is 0 Å². The van der Waals surface area contributed by atoms with Gasteiger partial charge in [0.25, 0.3) is 5.91 Å². The fraction of sp³-hybridized carbons (Fsp3) is 0.857. The van der Waals surface area contributed by atoms with Gasteiger partial charge in [0.2, 0.25) is 0 Å². The van der Waals surface area contributed by atoms with E-state index in [0.717, 1.165) is 0 Å². The van der Waals surface area contributed by atoms with E-state index in [1.807, 2.05) is 13.8 Å². The minimum absolute atomic E-state index is 0.0602. The molecule has 0 aromatic heterocycles. The maximum atomic E-state index is 11.1. The molecule has 58 valence electrons. The average Bonchev–Trinajstić information content (AvgIpc) is 1.95. The molecule has 0 aliphatic carbocycles. The Morgan fingerprint density at radius 1 is 1.60 bits per heavy atom. The van der Waals surface area contributed by atoms with Gasteiger partial charge < -0.3 is 9.64 Å². The van der Waals surface area contributed by atoms with Gasteiger partial charge in [-0.2, -0.15) is 0 Å². The number of carbonyl (C=O) groups is 1. The van der Waals surface area contributed by atoms with Gasteiger partial charge in [-0.1, -0.05) is 0 Å². The van der Waals surface area contributed by atoms with Crippen molar-refractivity contribution in [2.24, 2.45) is 0 Å². The van der Waals surface area contributed by atoms with Crippen molar-refractivity contribution in [3.05, 3.63) is 0 Å². The summed E-state index contributed by atoms with van der Waals surface area (Å²) < 4.78 is 5.35. The molecular formula is C7H13NO2. The molecule has 0 aromatic carbocycles. The fourth-order valence-electron chi connectivity index (χ4n) is 1.10. The third-order valence-electron chi connectivity index (χ3n) is 1.95. The Balaban J connectivity index is 2.81. The lowest BCUT2D eigenvalue weighted by atomic mass is 10.3. The summed E-state index contributed by atoms with van der Waals surface area (Å²) in [4.78, 5) is 12.7. The van der Waals surface area contributed by atoms with E-state index in [9.17, 15) is 4.79 Å². The lowest BCUT2D eigenvalue weighted by Gasteiger charge is -2.25. The number of ether oxygens (including phenoxy) is 1. The molecule has 1 heterocycles. The van der Waals surface area contributed by atoms with Crippen LogP contribution in [0.25, 0.3) is 0 Å². The third-order valence-corrected chi connectivity index (χ3v) is 1.95. The molecule has 0 N–H and O–H groups in total. The summed E-state index contributed by atoms with van der Waals surface area (Å²) >= 11 is 0. The van der Waals surface area contributed by atoms with Crippen molar-refractivity contribution in [3.63, 3.8) is 0 Å². The molecule has 0 unspecified atom stereocenters. The summed E-state index contributed by atoms with van der Waals surface area (Å²) in [5.41, 5.74) is -0.420. The topological polar surface area (TPSA) is 29.5 Å². The largest absolute Gasteiger partial charge is 0.343 e. The Bertz CT molecular complexity index is 165. The van der Waals surface area contributed by atoms with E-state index in [2.05, 4.69) is 0 Å². The molecular weight excluding hydrogens is 130 g/mol. The van der Waals surface area contributed by atoms with Crippen molar-refractivity contribution < 1.29 is 9.53 Å². The van der Waals surface area contributed by atoms with Gasteiger partial charge in [-0.3, -0.25) is 4.79 Å². The van der Waals surface area contributed by atoms with Gasteiger partial charge in [0, 0.05) is 7.05 Å². The smallest absolute Gasteiger partial charge is 0.253 e. The van der Waals surface area contributed by atoms with Crippen LogP contribution in [0.5, 0.6) is 0 Å². The summed E-state index contributed by atoms with van der Waals surface area (Å²) in [6, 6.07) is 0. The molecule has 1 aliphatic heterocycles. The van der Waals surface area contributed by atoms with Crippen molar-refractivity contribution >= 4 is 5.91 Å². The zero-order valence-electron chi connectivity index (χ0n) is 6.84. The second kappa shape index (κ2) is 1.95. The molecule has 1 fully saturated rings. The van der Waals surface area contributed by atoms with E-state index in [-0.39, 0.29) is 12.0 Å². The number of carbonyl (C=O) groups excluding carboxylic acids is 1. The molecule has 0 saturated carbocycles. The van der Waals surface area contributed by atoms with E-state index >= 15 is 0 Å². The van der Waals surface area contributed by atoms with Crippen LogP contribution in [0.1, 0.15) is 20.8 Å². The van der Waals surface area contributed by atoms with Crippen LogP contribution in [0.15, 0.2) is 0 Å². The molecule has 10 heavy (non-hydrogen) atoms. The number of amides is 1. The predicted octanol–water partition coefficient (Wildman–Crippen LogP) is 0.600. The molecule has 0 spiro atoms. The third kappa shape index (κ3) is 0.904. The molecule has 1 aliphatic rings. The van der Waals surface area contributed by atoms with Crippen LogP contribution in [0, 0.1) is 0 Å². The van der Waals surface area contributed by atoms with Crippen molar-refractivity contribution in [1.82, 2.24) is 4.90 Å². The lowest BCUT2D eigenvalue weighted by molar-refractivity contribution is -0.129. The van der Waals surface area contributed by atoms with E-state index in [0.29, 0.717) is 0 Å². The molecule has 1 saturated heterocycles. The molecule has 1 rings (SSSR count). The summed E-state index contributed by atoms with van der Waals surface area (Å²) in [7, 11) is 1.76. The zero-order valence-corrected chi connectivity index (χ0v) is 6.84. The van der Waals surface area contributed by atoms with Crippen molar-refractivity contribution in [2.75, 3.05) is 7.05 Å². The Morgan fingerprint density at radius 3 is 2.20 bits per heavy atom. The first-order valence-corrected chi connectivity index (χ1v) is 3.40. The summed E-state index contributed by atoms with van der Waals surface area (Å²) in [5, 5.41) is 0. The Labute approximate surface area is 61.0 Å². The monoisotopic (exact) mass is 143 g/mol. The molecule has 3 nitrogen and oxygen atoms in total. The minimum Gasteiger partial charge on any atom is -0.343 e. The highest BCUT2D eigenvalue weighted by atomic mass is 16.5. The van der Waals surface area contributed by atoms with Crippen LogP contribution in [-0.2, 0) is 9.53 Å². The molecule has 3 heteroatoms. The highest BCUT2D eigenvalue weighted by molar-refractivity contribution is 5.82. The zero-order chi connectivity index (χ0) is 7.94. The minimum atomic E-state index is -0.420. The number of hydrogen-bond donors (Lipinski definition) is 0. The number of hydrogen-bond acceptors (Lipinski definition) is 2. The average molecular weight is 143 g/mol. The number of nitrogens with zero attached hydrogens (tertiary/aromatic N) is 1. The second-order valence-corrected chi connectivity index (χ2v) is 3.10. The first-order valence-electron chi connectivity index (χ1n) is 3.40. The second-order valence-electron chi connectivity index (χ2n) is 3.10. The van der Waals surface area contributed by atoms with Gasteiger partial charge in [-0.05, 0) is 20.8 Å². The normalized spacial score (nSPS) is 31.4. The fourth-order valence-corrected chi connectivity index (χ4v) is 1.10. The molecule has 1 amide bonds. The Hall–Kier alpha value is -0.570. The van der Waals surface area contributed by atoms with Gasteiger partial charge in [0.1, 0.15) is 11.8 Å². The van der Waals surface area contributed by atoms with E-state index in [1.54, 1.807) is 18.9 Å².